The highest BCUT2D eigenvalue weighted by Gasteiger charge is 2.40. The Kier molecular flexibility index (Phi) is 5.66. The Balaban J connectivity index is 1.78. The van der Waals surface area contributed by atoms with Gasteiger partial charge < -0.3 is 5.32 Å². The number of nitrogens with one attached hydrogen (secondary N) is 1. The normalized spacial score (nSPS) is 13.9. The Hall–Kier alpha value is -3.02. The lowest BCUT2D eigenvalue weighted by atomic mass is 10.1. The van der Waals surface area contributed by atoms with E-state index in [9.17, 15) is 9.59 Å². The summed E-state index contributed by atoms with van der Waals surface area (Å²) in [5, 5.41) is 3.67. The number of hydrogen-bond acceptors (Lipinski definition) is 4. The molecule has 3 aromatic rings. The van der Waals surface area contributed by atoms with Crippen molar-refractivity contribution in [2.45, 2.75) is 18.7 Å². The van der Waals surface area contributed by atoms with Crippen LogP contribution < -0.4 is 10.2 Å². The summed E-state index contributed by atoms with van der Waals surface area (Å²) in [6.07, 6.45) is 0. The van der Waals surface area contributed by atoms with E-state index in [0.717, 1.165) is 16.0 Å². The number of anilines is 2. The van der Waals surface area contributed by atoms with Gasteiger partial charge in [0.05, 0.1) is 5.69 Å². The van der Waals surface area contributed by atoms with Gasteiger partial charge in [0.25, 0.3) is 11.8 Å². The first-order valence-electron chi connectivity index (χ1n) is 9.40. The minimum absolute atomic E-state index is 0.247. The Morgan fingerprint density at radius 2 is 1.60 bits per heavy atom. The number of aryl methyl sites for hydroxylation is 1. The summed E-state index contributed by atoms with van der Waals surface area (Å²) in [6.45, 7) is 3.87. The molecule has 0 saturated carbocycles. The fourth-order valence-corrected chi connectivity index (χ4v) is 4.37. The molecule has 6 heteroatoms. The van der Waals surface area contributed by atoms with Crippen molar-refractivity contribution >= 4 is 46.6 Å². The van der Waals surface area contributed by atoms with E-state index in [2.05, 4.69) is 5.32 Å². The van der Waals surface area contributed by atoms with E-state index in [1.807, 2.05) is 62.4 Å². The van der Waals surface area contributed by atoms with Crippen molar-refractivity contribution in [3.63, 3.8) is 0 Å². The van der Waals surface area contributed by atoms with E-state index < -0.39 is 0 Å². The van der Waals surface area contributed by atoms with Crippen LogP contribution in [0.3, 0.4) is 0 Å². The third-order valence-corrected chi connectivity index (χ3v) is 6.24. The molecular weight excluding hydrogens is 416 g/mol. The van der Waals surface area contributed by atoms with Crippen molar-refractivity contribution in [1.82, 2.24) is 0 Å². The van der Waals surface area contributed by atoms with Gasteiger partial charge in [0.2, 0.25) is 0 Å². The second-order valence-corrected chi connectivity index (χ2v) is 8.44. The standard InChI is InChI=1S/C24H19ClN2O2S/c1-15-8-6-13-20(16(15)2)27-23(28)21(26-18-10-7-9-17(25)14-18)22(24(27)29)30-19-11-4-3-5-12-19/h3-14,26H,1-2H3. The lowest BCUT2D eigenvalue weighted by molar-refractivity contribution is -0.120. The highest BCUT2D eigenvalue weighted by molar-refractivity contribution is 8.04. The van der Waals surface area contributed by atoms with E-state index >= 15 is 0 Å². The van der Waals surface area contributed by atoms with Gasteiger partial charge in [-0.1, -0.05) is 59.8 Å². The maximum atomic E-state index is 13.4. The lowest BCUT2D eigenvalue weighted by Gasteiger charge is -2.19. The molecule has 0 aromatic heterocycles. The van der Waals surface area contributed by atoms with Crippen molar-refractivity contribution in [2.24, 2.45) is 0 Å². The third-order valence-electron chi connectivity index (χ3n) is 4.92. The van der Waals surface area contributed by atoms with Crippen LogP contribution in [-0.4, -0.2) is 11.8 Å². The van der Waals surface area contributed by atoms with Crippen LogP contribution in [0.25, 0.3) is 0 Å². The first kappa shape index (κ1) is 20.3. The summed E-state index contributed by atoms with van der Waals surface area (Å²) in [7, 11) is 0. The number of benzene rings is 3. The molecule has 2 amide bonds. The van der Waals surface area contributed by atoms with Gasteiger partial charge in [-0.3, -0.25) is 9.59 Å². The van der Waals surface area contributed by atoms with Crippen molar-refractivity contribution in [3.05, 3.63) is 99.5 Å². The molecular formula is C24H19ClN2O2S. The van der Waals surface area contributed by atoms with E-state index in [1.54, 1.807) is 24.3 Å². The molecule has 0 unspecified atom stereocenters. The number of rotatable bonds is 5. The summed E-state index contributed by atoms with van der Waals surface area (Å²) >= 11 is 7.38. The molecule has 4 nitrogen and oxygen atoms in total. The third kappa shape index (κ3) is 3.86. The molecule has 0 bridgehead atoms. The van der Waals surface area contributed by atoms with Crippen LogP contribution in [-0.2, 0) is 9.59 Å². The van der Waals surface area contributed by atoms with E-state index in [4.69, 9.17) is 11.6 Å². The molecule has 0 spiro atoms. The molecule has 150 valence electrons. The maximum Gasteiger partial charge on any atom is 0.283 e. The average Bonchev–Trinajstić information content (AvgIpc) is 2.95. The molecule has 0 saturated heterocycles. The van der Waals surface area contributed by atoms with Crippen LogP contribution in [0.1, 0.15) is 11.1 Å². The largest absolute Gasteiger partial charge is 0.350 e. The number of carbonyl (C=O) groups excluding carboxylic acids is 2. The molecule has 0 radical (unpaired) electrons. The number of nitrogens with zero attached hydrogens (tertiary/aromatic N) is 1. The number of imide groups is 1. The summed E-state index contributed by atoms with van der Waals surface area (Å²) in [5.41, 5.74) is 3.40. The van der Waals surface area contributed by atoms with Gasteiger partial charge in [-0.15, -0.1) is 0 Å². The molecule has 4 rings (SSSR count). The topological polar surface area (TPSA) is 49.4 Å². The summed E-state index contributed by atoms with van der Waals surface area (Å²) in [4.78, 5) is 29.3. The zero-order valence-corrected chi connectivity index (χ0v) is 18.1. The fraction of sp³-hybridized carbons (Fsp3) is 0.0833. The zero-order chi connectivity index (χ0) is 21.3. The van der Waals surface area contributed by atoms with Gasteiger partial charge in [-0.25, -0.2) is 4.90 Å². The number of thioether (sulfide) groups is 1. The van der Waals surface area contributed by atoms with Crippen LogP contribution in [0.5, 0.6) is 0 Å². The van der Waals surface area contributed by atoms with Gasteiger partial charge in [0.1, 0.15) is 10.6 Å². The van der Waals surface area contributed by atoms with E-state index in [1.165, 1.54) is 16.7 Å². The Morgan fingerprint density at radius 3 is 2.33 bits per heavy atom. The van der Waals surface area contributed by atoms with Crippen molar-refractivity contribution < 1.29 is 9.59 Å². The number of amides is 2. The van der Waals surface area contributed by atoms with Crippen LogP contribution in [0.4, 0.5) is 11.4 Å². The van der Waals surface area contributed by atoms with Crippen LogP contribution in [0, 0.1) is 13.8 Å². The number of carbonyl (C=O) groups is 2. The molecule has 30 heavy (non-hydrogen) atoms. The van der Waals surface area contributed by atoms with Crippen molar-refractivity contribution in [2.75, 3.05) is 10.2 Å². The van der Waals surface area contributed by atoms with Gasteiger partial charge in [0.15, 0.2) is 0 Å². The monoisotopic (exact) mass is 434 g/mol. The SMILES string of the molecule is Cc1cccc(N2C(=O)C(Nc3cccc(Cl)c3)=C(Sc3ccccc3)C2=O)c1C. The van der Waals surface area contributed by atoms with E-state index in [-0.39, 0.29) is 17.5 Å². The predicted molar refractivity (Wildman–Crippen MR) is 123 cm³/mol. The Labute approximate surface area is 184 Å². The lowest BCUT2D eigenvalue weighted by Crippen LogP contribution is -2.33. The first-order valence-corrected chi connectivity index (χ1v) is 10.6. The van der Waals surface area contributed by atoms with Gasteiger partial charge in [0, 0.05) is 15.6 Å². The van der Waals surface area contributed by atoms with Crippen molar-refractivity contribution in [1.29, 1.82) is 0 Å². The van der Waals surface area contributed by atoms with Gasteiger partial charge in [-0.2, -0.15) is 0 Å². The second kappa shape index (κ2) is 8.38. The van der Waals surface area contributed by atoms with Gasteiger partial charge in [-0.05, 0) is 61.4 Å². The van der Waals surface area contributed by atoms with Crippen LogP contribution >= 0.6 is 23.4 Å². The number of hydrogen-bond donors (Lipinski definition) is 1. The molecule has 0 fully saturated rings. The highest BCUT2D eigenvalue weighted by Crippen LogP contribution is 2.39. The molecule has 1 aliphatic rings. The van der Waals surface area contributed by atoms with Crippen molar-refractivity contribution in [3.8, 4) is 0 Å². The summed E-state index contributed by atoms with van der Waals surface area (Å²) in [5.74, 6) is -0.723. The minimum Gasteiger partial charge on any atom is -0.350 e. The molecule has 1 N–H and O–H groups in total. The second-order valence-electron chi connectivity index (χ2n) is 6.92. The first-order chi connectivity index (χ1) is 14.5. The summed E-state index contributed by atoms with van der Waals surface area (Å²) < 4.78 is 0. The Bertz CT molecular complexity index is 1170. The predicted octanol–water partition coefficient (Wildman–Crippen LogP) is 5.95. The minimum atomic E-state index is -0.382. The maximum absolute atomic E-state index is 13.4. The quantitative estimate of drug-likeness (QED) is 0.504. The molecule has 1 aliphatic heterocycles. The summed E-state index contributed by atoms with van der Waals surface area (Å²) in [6, 6.07) is 22.2. The molecule has 3 aromatic carbocycles. The fourth-order valence-electron chi connectivity index (χ4n) is 3.23. The van der Waals surface area contributed by atoms with Gasteiger partial charge >= 0.3 is 0 Å². The van der Waals surface area contributed by atoms with E-state index in [0.29, 0.717) is 21.3 Å². The zero-order valence-electron chi connectivity index (χ0n) is 16.5. The molecule has 0 aliphatic carbocycles. The number of halogens is 1. The van der Waals surface area contributed by atoms with Crippen LogP contribution in [0.15, 0.2) is 88.3 Å². The average molecular weight is 435 g/mol. The van der Waals surface area contributed by atoms with Crippen LogP contribution in [0.2, 0.25) is 5.02 Å². The Morgan fingerprint density at radius 1 is 0.867 bits per heavy atom. The molecule has 1 heterocycles. The molecule has 0 atom stereocenters. The smallest absolute Gasteiger partial charge is 0.283 e. The highest BCUT2D eigenvalue weighted by atomic mass is 35.5.